The second kappa shape index (κ2) is 6.85. The lowest BCUT2D eigenvalue weighted by Gasteiger charge is -2.25. The van der Waals surface area contributed by atoms with Crippen molar-refractivity contribution in [1.29, 1.82) is 0 Å². The Kier molecular flexibility index (Phi) is 5.41. The number of halogens is 3. The van der Waals surface area contributed by atoms with Gasteiger partial charge in [-0.2, -0.15) is 28.8 Å². The Morgan fingerprint density at radius 1 is 1.12 bits per heavy atom. The van der Waals surface area contributed by atoms with Gasteiger partial charge in [0.2, 0.25) is 10.0 Å². The second-order valence-electron chi connectivity index (χ2n) is 5.75. The van der Waals surface area contributed by atoms with Gasteiger partial charge in [-0.25, -0.2) is 8.42 Å². The molecular weight excluding hydrogens is 359 g/mol. The standard InChI is InChI=1S/C16H18F3NO2S2/c1-11-6-12(2)15(13(3)7-11)24(21,22)20(10-16(17,18)19)8-14-4-5-23-9-14/h4-7,9H,8,10H2,1-3H3. The van der Waals surface area contributed by atoms with Gasteiger partial charge in [-0.1, -0.05) is 17.7 Å². The van der Waals surface area contributed by atoms with Crippen molar-refractivity contribution >= 4 is 21.4 Å². The summed E-state index contributed by atoms with van der Waals surface area (Å²) >= 11 is 1.31. The lowest BCUT2D eigenvalue weighted by atomic mass is 10.1. The minimum atomic E-state index is -4.62. The first-order chi connectivity index (χ1) is 11.0. The molecule has 8 heteroatoms. The van der Waals surface area contributed by atoms with E-state index in [0.717, 1.165) is 5.56 Å². The predicted molar refractivity (Wildman–Crippen MR) is 88.6 cm³/mol. The summed E-state index contributed by atoms with van der Waals surface area (Å²) in [4.78, 5) is -0.0485. The molecule has 0 fully saturated rings. The summed E-state index contributed by atoms with van der Waals surface area (Å²) in [6.45, 7) is 3.19. The normalized spacial score (nSPS) is 12.8. The third kappa shape index (κ3) is 4.37. The number of benzene rings is 1. The van der Waals surface area contributed by atoms with Crippen molar-refractivity contribution in [2.75, 3.05) is 6.54 Å². The lowest BCUT2D eigenvalue weighted by Crippen LogP contribution is -2.39. The molecule has 0 atom stereocenters. The maximum atomic E-state index is 12.9. The van der Waals surface area contributed by atoms with E-state index in [4.69, 9.17) is 0 Å². The van der Waals surface area contributed by atoms with E-state index in [0.29, 0.717) is 21.0 Å². The highest BCUT2D eigenvalue weighted by molar-refractivity contribution is 7.89. The zero-order chi connectivity index (χ0) is 18.1. The van der Waals surface area contributed by atoms with Crippen LogP contribution < -0.4 is 0 Å². The van der Waals surface area contributed by atoms with Gasteiger partial charge in [0.05, 0.1) is 4.90 Å². The van der Waals surface area contributed by atoms with E-state index in [1.54, 1.807) is 42.8 Å². The minimum Gasteiger partial charge on any atom is -0.207 e. The van der Waals surface area contributed by atoms with Crippen molar-refractivity contribution in [3.05, 3.63) is 51.2 Å². The molecule has 0 aliphatic heterocycles. The fourth-order valence-electron chi connectivity index (χ4n) is 2.71. The molecule has 0 saturated heterocycles. The molecule has 0 aliphatic rings. The van der Waals surface area contributed by atoms with Crippen LogP contribution in [0.2, 0.25) is 0 Å². The Morgan fingerprint density at radius 3 is 2.17 bits per heavy atom. The molecule has 1 aromatic carbocycles. The average molecular weight is 377 g/mol. The zero-order valence-electron chi connectivity index (χ0n) is 13.5. The number of alkyl halides is 3. The maximum absolute atomic E-state index is 12.9. The molecule has 0 unspecified atom stereocenters. The number of rotatable bonds is 5. The highest BCUT2D eigenvalue weighted by Gasteiger charge is 2.38. The summed E-state index contributed by atoms with van der Waals surface area (Å²) in [7, 11) is -4.27. The number of hydrogen-bond acceptors (Lipinski definition) is 3. The molecule has 0 aliphatic carbocycles. The minimum absolute atomic E-state index is 0.0485. The molecule has 0 saturated carbocycles. The Balaban J connectivity index is 2.51. The van der Waals surface area contributed by atoms with Crippen LogP contribution in [0, 0.1) is 20.8 Å². The fraction of sp³-hybridized carbons (Fsp3) is 0.375. The Hall–Kier alpha value is -1.38. The molecular formula is C16H18F3NO2S2. The van der Waals surface area contributed by atoms with Gasteiger partial charge in [-0.15, -0.1) is 0 Å². The first-order valence-corrected chi connectivity index (χ1v) is 9.55. The highest BCUT2D eigenvalue weighted by atomic mass is 32.2. The molecule has 1 heterocycles. The monoisotopic (exact) mass is 377 g/mol. The first kappa shape index (κ1) is 19.0. The van der Waals surface area contributed by atoms with E-state index < -0.39 is 22.7 Å². The van der Waals surface area contributed by atoms with Crippen molar-refractivity contribution in [2.24, 2.45) is 0 Å². The predicted octanol–water partition coefficient (Wildman–Crippen LogP) is 4.43. The Bertz CT molecular complexity index is 789. The van der Waals surface area contributed by atoms with Gasteiger partial charge in [-0.05, 0) is 54.3 Å². The summed E-state index contributed by atoms with van der Waals surface area (Å²) in [6, 6.07) is 4.95. The molecule has 24 heavy (non-hydrogen) atoms. The Morgan fingerprint density at radius 2 is 1.71 bits per heavy atom. The summed E-state index contributed by atoms with van der Waals surface area (Å²) in [6.07, 6.45) is -4.62. The van der Waals surface area contributed by atoms with Crippen LogP contribution in [-0.2, 0) is 16.6 Å². The van der Waals surface area contributed by atoms with Crippen LogP contribution in [-0.4, -0.2) is 25.4 Å². The quantitative estimate of drug-likeness (QED) is 0.773. The van der Waals surface area contributed by atoms with Gasteiger partial charge in [0, 0.05) is 6.54 Å². The van der Waals surface area contributed by atoms with Gasteiger partial charge in [0.15, 0.2) is 0 Å². The van der Waals surface area contributed by atoms with E-state index in [9.17, 15) is 21.6 Å². The molecule has 0 radical (unpaired) electrons. The van der Waals surface area contributed by atoms with Crippen LogP contribution in [0.1, 0.15) is 22.3 Å². The van der Waals surface area contributed by atoms with E-state index in [1.807, 2.05) is 6.92 Å². The van der Waals surface area contributed by atoms with E-state index in [1.165, 1.54) is 11.3 Å². The Labute approximate surface area is 143 Å². The number of hydrogen-bond donors (Lipinski definition) is 0. The molecule has 0 spiro atoms. The summed E-state index contributed by atoms with van der Waals surface area (Å²) < 4.78 is 65.2. The number of sulfonamides is 1. The lowest BCUT2D eigenvalue weighted by molar-refractivity contribution is -0.136. The van der Waals surface area contributed by atoms with Crippen LogP contribution in [0.5, 0.6) is 0 Å². The van der Waals surface area contributed by atoms with Crippen LogP contribution >= 0.6 is 11.3 Å². The van der Waals surface area contributed by atoms with Crippen molar-refractivity contribution in [2.45, 2.75) is 38.4 Å². The van der Waals surface area contributed by atoms with E-state index in [2.05, 4.69) is 0 Å². The van der Waals surface area contributed by atoms with Crippen molar-refractivity contribution < 1.29 is 21.6 Å². The zero-order valence-corrected chi connectivity index (χ0v) is 15.1. The molecule has 132 valence electrons. The molecule has 2 aromatic rings. The fourth-order valence-corrected chi connectivity index (χ4v) is 5.20. The van der Waals surface area contributed by atoms with Gasteiger partial charge in [0.1, 0.15) is 6.54 Å². The van der Waals surface area contributed by atoms with Gasteiger partial charge in [-0.3, -0.25) is 0 Å². The topological polar surface area (TPSA) is 37.4 Å². The van der Waals surface area contributed by atoms with Crippen LogP contribution in [0.4, 0.5) is 13.2 Å². The third-order valence-corrected chi connectivity index (χ3v) is 6.33. The van der Waals surface area contributed by atoms with E-state index in [-0.39, 0.29) is 11.4 Å². The first-order valence-electron chi connectivity index (χ1n) is 7.16. The third-order valence-electron chi connectivity index (χ3n) is 3.50. The van der Waals surface area contributed by atoms with Crippen molar-refractivity contribution in [3.63, 3.8) is 0 Å². The van der Waals surface area contributed by atoms with Crippen molar-refractivity contribution in [3.8, 4) is 0 Å². The number of aryl methyl sites for hydroxylation is 3. The molecule has 1 aromatic heterocycles. The molecule has 0 N–H and O–H groups in total. The smallest absolute Gasteiger partial charge is 0.207 e. The van der Waals surface area contributed by atoms with Crippen LogP contribution in [0.25, 0.3) is 0 Å². The molecule has 2 rings (SSSR count). The SMILES string of the molecule is Cc1cc(C)c(S(=O)(=O)N(Cc2ccsc2)CC(F)(F)F)c(C)c1. The maximum Gasteiger partial charge on any atom is 0.402 e. The van der Waals surface area contributed by atoms with Gasteiger partial charge >= 0.3 is 6.18 Å². The summed E-state index contributed by atoms with van der Waals surface area (Å²) in [5.41, 5.74) is 2.30. The van der Waals surface area contributed by atoms with Crippen LogP contribution in [0.3, 0.4) is 0 Å². The number of nitrogens with zero attached hydrogens (tertiary/aromatic N) is 1. The molecule has 0 bridgehead atoms. The van der Waals surface area contributed by atoms with Gasteiger partial charge < -0.3 is 0 Å². The van der Waals surface area contributed by atoms with Crippen LogP contribution in [0.15, 0.2) is 33.9 Å². The van der Waals surface area contributed by atoms with Crippen molar-refractivity contribution in [1.82, 2.24) is 4.31 Å². The van der Waals surface area contributed by atoms with E-state index >= 15 is 0 Å². The molecule has 3 nitrogen and oxygen atoms in total. The summed E-state index contributed by atoms with van der Waals surface area (Å²) in [5.74, 6) is 0. The average Bonchev–Trinajstić information content (AvgIpc) is 2.87. The van der Waals surface area contributed by atoms with Gasteiger partial charge in [0.25, 0.3) is 0 Å². The highest BCUT2D eigenvalue weighted by Crippen LogP contribution is 2.29. The largest absolute Gasteiger partial charge is 0.402 e. The number of thiophene rings is 1. The molecule has 0 amide bonds. The second-order valence-corrected chi connectivity index (χ2v) is 8.40. The summed E-state index contributed by atoms with van der Waals surface area (Å²) in [5, 5.41) is 3.35.